The molecule has 0 atom stereocenters. The number of carbonyl (C=O) groups excluding carboxylic acids is 1. The number of carbonyl (C=O) groups is 1. The summed E-state index contributed by atoms with van der Waals surface area (Å²) in [6.45, 7) is 4.38. The van der Waals surface area contributed by atoms with Crippen molar-refractivity contribution >= 4 is 27.3 Å². The second kappa shape index (κ2) is 6.91. The van der Waals surface area contributed by atoms with Crippen molar-refractivity contribution in [3.8, 4) is 0 Å². The Morgan fingerprint density at radius 1 is 1.26 bits per heavy atom. The lowest BCUT2D eigenvalue weighted by molar-refractivity contribution is -0.118. The van der Waals surface area contributed by atoms with Crippen LogP contribution in [0, 0.1) is 5.92 Å². The third-order valence-corrected chi connectivity index (χ3v) is 4.09. The maximum atomic E-state index is 11.8. The molecule has 0 saturated heterocycles. The van der Waals surface area contributed by atoms with Gasteiger partial charge in [0.1, 0.15) is 5.75 Å². The van der Waals surface area contributed by atoms with E-state index in [1.165, 1.54) is 0 Å². The van der Waals surface area contributed by atoms with Crippen LogP contribution in [0.15, 0.2) is 24.3 Å². The van der Waals surface area contributed by atoms with Crippen LogP contribution in [0.3, 0.4) is 0 Å². The highest BCUT2D eigenvalue weighted by atomic mass is 35.5. The Morgan fingerprint density at radius 2 is 1.84 bits per heavy atom. The van der Waals surface area contributed by atoms with Crippen molar-refractivity contribution in [1.82, 2.24) is 5.32 Å². The molecule has 0 aromatic heterocycles. The molecule has 0 saturated carbocycles. The van der Waals surface area contributed by atoms with Gasteiger partial charge in [0.25, 0.3) is 0 Å². The second-order valence-corrected chi connectivity index (χ2v) is 7.36. The van der Waals surface area contributed by atoms with Crippen molar-refractivity contribution in [2.75, 3.05) is 12.3 Å². The van der Waals surface area contributed by atoms with Crippen LogP contribution in [-0.2, 0) is 20.4 Å². The molecule has 1 amide bonds. The molecular formula is C13H18ClNO3S. The van der Waals surface area contributed by atoms with Crippen LogP contribution in [0.4, 0.5) is 0 Å². The van der Waals surface area contributed by atoms with Crippen molar-refractivity contribution in [3.63, 3.8) is 0 Å². The maximum absolute atomic E-state index is 11.8. The molecule has 4 nitrogen and oxygen atoms in total. The zero-order valence-corrected chi connectivity index (χ0v) is 12.6. The first-order chi connectivity index (χ1) is 8.78. The van der Waals surface area contributed by atoms with Crippen LogP contribution in [0.5, 0.6) is 0 Å². The fraction of sp³-hybridized carbons (Fsp3) is 0.462. The number of rotatable bonds is 6. The van der Waals surface area contributed by atoms with Crippen LogP contribution in [-0.4, -0.2) is 26.6 Å². The molecule has 0 unspecified atom stereocenters. The molecule has 0 spiro atoms. The number of hydrogen-bond acceptors (Lipinski definition) is 3. The highest BCUT2D eigenvalue weighted by Gasteiger charge is 2.17. The Morgan fingerprint density at radius 3 is 2.37 bits per heavy atom. The van der Waals surface area contributed by atoms with Gasteiger partial charge < -0.3 is 5.32 Å². The van der Waals surface area contributed by atoms with E-state index >= 15 is 0 Å². The summed E-state index contributed by atoms with van der Waals surface area (Å²) >= 11 is 5.72. The molecule has 1 aromatic carbocycles. The topological polar surface area (TPSA) is 63.2 Å². The minimum absolute atomic E-state index is 0.154. The summed E-state index contributed by atoms with van der Waals surface area (Å²) in [5.74, 6) is -0.799. The van der Waals surface area contributed by atoms with E-state index in [2.05, 4.69) is 5.32 Å². The molecule has 0 heterocycles. The van der Waals surface area contributed by atoms with Gasteiger partial charge in [0.2, 0.25) is 5.91 Å². The molecule has 0 aliphatic rings. The number of benzene rings is 1. The SMILES string of the molecule is CC(C)CNC(=O)CS(=O)(=O)Cc1ccc(Cl)cc1. The normalized spacial score (nSPS) is 11.6. The van der Waals surface area contributed by atoms with Gasteiger partial charge in [-0.15, -0.1) is 0 Å². The Bertz CT molecular complexity index is 523. The van der Waals surface area contributed by atoms with Gasteiger partial charge in [-0.3, -0.25) is 4.79 Å². The fourth-order valence-electron chi connectivity index (χ4n) is 1.45. The van der Waals surface area contributed by atoms with Gasteiger partial charge >= 0.3 is 0 Å². The Balaban J connectivity index is 2.56. The molecule has 0 bridgehead atoms. The van der Waals surface area contributed by atoms with Gasteiger partial charge in [-0.2, -0.15) is 0 Å². The average molecular weight is 304 g/mol. The van der Waals surface area contributed by atoms with Gasteiger partial charge in [0.15, 0.2) is 9.84 Å². The fourth-order valence-corrected chi connectivity index (χ4v) is 2.88. The molecule has 1 N–H and O–H groups in total. The summed E-state index contributed by atoms with van der Waals surface area (Å²) in [5.41, 5.74) is 0.626. The number of sulfone groups is 1. The largest absolute Gasteiger partial charge is 0.355 e. The Kier molecular flexibility index (Phi) is 5.82. The third-order valence-electron chi connectivity index (χ3n) is 2.36. The Labute approximate surface area is 119 Å². The van der Waals surface area contributed by atoms with Crippen LogP contribution in [0.25, 0.3) is 0 Å². The summed E-state index contributed by atoms with van der Waals surface area (Å²) in [6.07, 6.45) is 0. The monoisotopic (exact) mass is 303 g/mol. The summed E-state index contributed by atoms with van der Waals surface area (Å²) in [7, 11) is -3.45. The highest BCUT2D eigenvalue weighted by molar-refractivity contribution is 7.91. The van der Waals surface area contributed by atoms with Crippen molar-refractivity contribution in [2.45, 2.75) is 19.6 Å². The van der Waals surface area contributed by atoms with Crippen LogP contribution >= 0.6 is 11.6 Å². The summed E-state index contributed by atoms with van der Waals surface area (Å²) < 4.78 is 23.7. The Hall–Kier alpha value is -1.07. The molecule has 0 radical (unpaired) electrons. The molecule has 6 heteroatoms. The molecular weight excluding hydrogens is 286 g/mol. The first-order valence-electron chi connectivity index (χ1n) is 6.00. The number of amides is 1. The molecule has 0 aliphatic heterocycles. The predicted octanol–water partition coefficient (Wildman–Crippen LogP) is 2.03. The van der Waals surface area contributed by atoms with E-state index in [-0.39, 0.29) is 5.75 Å². The molecule has 106 valence electrons. The van der Waals surface area contributed by atoms with E-state index in [1.807, 2.05) is 13.8 Å². The minimum Gasteiger partial charge on any atom is -0.355 e. The second-order valence-electron chi connectivity index (χ2n) is 4.86. The predicted molar refractivity (Wildman–Crippen MR) is 76.8 cm³/mol. The first-order valence-corrected chi connectivity index (χ1v) is 8.20. The average Bonchev–Trinajstić information content (AvgIpc) is 2.28. The third kappa shape index (κ3) is 6.59. The lowest BCUT2D eigenvalue weighted by Gasteiger charge is -2.08. The van der Waals surface area contributed by atoms with E-state index in [1.54, 1.807) is 24.3 Å². The van der Waals surface area contributed by atoms with E-state index < -0.39 is 21.5 Å². The van der Waals surface area contributed by atoms with Gasteiger partial charge in [-0.1, -0.05) is 37.6 Å². The van der Waals surface area contributed by atoms with Gasteiger partial charge in [0, 0.05) is 11.6 Å². The lowest BCUT2D eigenvalue weighted by Crippen LogP contribution is -2.33. The lowest BCUT2D eigenvalue weighted by atomic mass is 10.2. The number of halogens is 1. The zero-order valence-electron chi connectivity index (χ0n) is 11.0. The smallest absolute Gasteiger partial charge is 0.235 e. The number of nitrogens with one attached hydrogen (secondary N) is 1. The molecule has 1 rings (SSSR count). The highest BCUT2D eigenvalue weighted by Crippen LogP contribution is 2.12. The molecule has 1 aromatic rings. The molecule has 0 fully saturated rings. The minimum atomic E-state index is -3.45. The van der Waals surface area contributed by atoms with E-state index in [4.69, 9.17) is 11.6 Å². The zero-order chi connectivity index (χ0) is 14.5. The summed E-state index contributed by atoms with van der Waals surface area (Å²) in [4.78, 5) is 11.5. The quantitative estimate of drug-likeness (QED) is 0.874. The van der Waals surface area contributed by atoms with Crippen LogP contribution < -0.4 is 5.32 Å². The van der Waals surface area contributed by atoms with Crippen molar-refractivity contribution in [2.24, 2.45) is 5.92 Å². The van der Waals surface area contributed by atoms with Gasteiger partial charge in [-0.25, -0.2) is 8.42 Å². The number of hydrogen-bond donors (Lipinski definition) is 1. The standard InChI is InChI=1S/C13H18ClNO3S/c1-10(2)7-15-13(16)9-19(17,18)8-11-3-5-12(14)6-4-11/h3-6,10H,7-9H2,1-2H3,(H,15,16). The van der Waals surface area contributed by atoms with Gasteiger partial charge in [-0.05, 0) is 23.6 Å². The molecule has 19 heavy (non-hydrogen) atoms. The van der Waals surface area contributed by atoms with E-state index in [0.29, 0.717) is 23.0 Å². The van der Waals surface area contributed by atoms with Gasteiger partial charge in [0.05, 0.1) is 5.75 Å². The van der Waals surface area contributed by atoms with E-state index in [0.717, 1.165) is 0 Å². The van der Waals surface area contributed by atoms with E-state index in [9.17, 15) is 13.2 Å². The summed E-state index contributed by atoms with van der Waals surface area (Å²) in [5, 5.41) is 3.15. The maximum Gasteiger partial charge on any atom is 0.235 e. The van der Waals surface area contributed by atoms with Crippen LogP contribution in [0.1, 0.15) is 19.4 Å². The first kappa shape index (κ1) is 16.0. The van der Waals surface area contributed by atoms with Crippen molar-refractivity contribution < 1.29 is 13.2 Å². The van der Waals surface area contributed by atoms with Crippen LogP contribution in [0.2, 0.25) is 5.02 Å². The summed E-state index contributed by atoms with van der Waals surface area (Å²) in [6, 6.07) is 6.55. The van der Waals surface area contributed by atoms with Crippen molar-refractivity contribution in [3.05, 3.63) is 34.9 Å². The van der Waals surface area contributed by atoms with Crippen molar-refractivity contribution in [1.29, 1.82) is 0 Å². The molecule has 0 aliphatic carbocycles.